The molecule has 0 bridgehead atoms. The van der Waals surface area contributed by atoms with Crippen molar-refractivity contribution in [3.8, 4) is 5.75 Å². The zero-order chi connectivity index (χ0) is 27.1. The highest BCUT2D eigenvalue weighted by atomic mass is 32.2. The average Bonchev–Trinajstić information content (AvgIpc) is 3.44. The Balaban J connectivity index is 1.57. The van der Waals surface area contributed by atoms with Crippen LogP contribution < -0.4 is 4.74 Å². The predicted molar refractivity (Wildman–Crippen MR) is 152 cm³/mol. The quantitative estimate of drug-likeness (QED) is 0.444. The minimum Gasteiger partial charge on any atom is -0.497 e. The Morgan fingerprint density at radius 2 is 1.71 bits per heavy atom. The SMILES string of the molecule is COc1ccc(CN2C(=O)N3C(c4ccc(CO)cc4)SC[C@H]3[C@@H]2C2(O[Si](C)(C)C)CCCCC2=O)cc1. The number of aliphatic hydroxyl groups excluding tert-OH is 1. The normalized spacial score (nSPS) is 27.7. The third kappa shape index (κ3) is 5.01. The van der Waals surface area contributed by atoms with Crippen LogP contribution >= 0.6 is 11.8 Å². The fraction of sp³-hybridized carbons (Fsp3) is 0.517. The molecule has 1 saturated carbocycles. The maximum absolute atomic E-state index is 14.3. The van der Waals surface area contributed by atoms with E-state index in [1.807, 2.05) is 58.3 Å². The van der Waals surface area contributed by atoms with E-state index in [1.165, 1.54) is 0 Å². The van der Waals surface area contributed by atoms with Crippen LogP contribution in [0.3, 0.4) is 0 Å². The molecule has 2 amide bonds. The van der Waals surface area contributed by atoms with Crippen molar-refractivity contribution in [3.05, 3.63) is 65.2 Å². The number of carbonyl (C=O) groups excluding carboxylic acids is 2. The third-order valence-electron chi connectivity index (χ3n) is 7.80. The fourth-order valence-electron chi connectivity index (χ4n) is 6.24. The summed E-state index contributed by atoms with van der Waals surface area (Å²) in [6, 6.07) is 15.1. The molecule has 2 saturated heterocycles. The summed E-state index contributed by atoms with van der Waals surface area (Å²) in [6.07, 6.45) is 2.94. The minimum atomic E-state index is -2.14. The molecule has 2 aromatic rings. The van der Waals surface area contributed by atoms with Gasteiger partial charge in [0.2, 0.25) is 0 Å². The van der Waals surface area contributed by atoms with Gasteiger partial charge in [0.05, 0.1) is 25.8 Å². The number of fused-ring (bicyclic) bond motifs is 1. The molecule has 1 aliphatic carbocycles. The molecule has 0 spiro atoms. The van der Waals surface area contributed by atoms with Crippen LogP contribution in [0.2, 0.25) is 19.6 Å². The zero-order valence-electron chi connectivity index (χ0n) is 22.7. The molecule has 2 heterocycles. The van der Waals surface area contributed by atoms with E-state index in [4.69, 9.17) is 9.16 Å². The molecule has 5 rings (SSSR count). The molecule has 1 N–H and O–H groups in total. The zero-order valence-corrected chi connectivity index (χ0v) is 24.5. The highest BCUT2D eigenvalue weighted by Gasteiger charge is 2.63. The van der Waals surface area contributed by atoms with Gasteiger partial charge in [-0.1, -0.05) is 36.4 Å². The smallest absolute Gasteiger partial charge is 0.322 e. The van der Waals surface area contributed by atoms with Gasteiger partial charge in [0.25, 0.3) is 0 Å². The van der Waals surface area contributed by atoms with Crippen molar-refractivity contribution in [2.75, 3.05) is 12.9 Å². The molecule has 4 atom stereocenters. The summed E-state index contributed by atoms with van der Waals surface area (Å²) in [7, 11) is -0.503. The number of Topliss-reactive ketones (excluding diaryl/α,β-unsaturated/α-hetero) is 1. The van der Waals surface area contributed by atoms with Crippen LogP contribution in [0.1, 0.15) is 47.7 Å². The number of carbonyl (C=O) groups is 2. The summed E-state index contributed by atoms with van der Waals surface area (Å²) in [5.74, 6) is 1.65. The van der Waals surface area contributed by atoms with Crippen molar-refractivity contribution < 1.29 is 23.9 Å². The molecule has 0 radical (unpaired) electrons. The average molecular weight is 555 g/mol. The van der Waals surface area contributed by atoms with Crippen LogP contribution in [0.25, 0.3) is 0 Å². The first-order valence-electron chi connectivity index (χ1n) is 13.4. The highest BCUT2D eigenvalue weighted by molar-refractivity contribution is 7.99. The molecule has 2 aliphatic heterocycles. The lowest BCUT2D eigenvalue weighted by atomic mass is 9.75. The van der Waals surface area contributed by atoms with Crippen molar-refractivity contribution in [1.82, 2.24) is 9.80 Å². The second-order valence-corrected chi connectivity index (χ2v) is 17.0. The summed E-state index contributed by atoms with van der Waals surface area (Å²) in [5.41, 5.74) is 1.88. The van der Waals surface area contributed by atoms with Crippen LogP contribution in [0.15, 0.2) is 48.5 Å². The second-order valence-electron chi connectivity index (χ2n) is 11.5. The molecule has 38 heavy (non-hydrogen) atoms. The van der Waals surface area contributed by atoms with Crippen molar-refractivity contribution in [2.24, 2.45) is 0 Å². The number of amides is 2. The number of hydrogen-bond donors (Lipinski definition) is 1. The third-order valence-corrected chi connectivity index (χ3v) is 10.1. The van der Waals surface area contributed by atoms with E-state index in [2.05, 4.69) is 19.6 Å². The Labute approximate surface area is 230 Å². The Hall–Kier alpha value is -2.33. The Bertz CT molecular complexity index is 1170. The molecule has 3 fully saturated rings. The molecular weight excluding hydrogens is 516 g/mol. The highest BCUT2D eigenvalue weighted by Crippen LogP contribution is 2.52. The summed E-state index contributed by atoms with van der Waals surface area (Å²) in [6.45, 7) is 6.79. The Morgan fingerprint density at radius 1 is 1.03 bits per heavy atom. The lowest BCUT2D eigenvalue weighted by Crippen LogP contribution is -2.64. The summed E-state index contributed by atoms with van der Waals surface area (Å²) in [5, 5.41) is 9.35. The van der Waals surface area contributed by atoms with Gasteiger partial charge in [-0.25, -0.2) is 4.79 Å². The van der Waals surface area contributed by atoms with Gasteiger partial charge in [-0.3, -0.25) is 4.79 Å². The molecule has 9 heteroatoms. The van der Waals surface area contributed by atoms with Crippen LogP contribution in [-0.2, 0) is 22.4 Å². The number of methoxy groups -OCH3 is 1. The van der Waals surface area contributed by atoms with Gasteiger partial charge in [-0.2, -0.15) is 0 Å². The number of ether oxygens (including phenoxy) is 1. The molecule has 2 aromatic carbocycles. The lowest BCUT2D eigenvalue weighted by molar-refractivity contribution is -0.145. The molecule has 0 aromatic heterocycles. The monoisotopic (exact) mass is 554 g/mol. The maximum atomic E-state index is 14.3. The number of thioether (sulfide) groups is 1. The van der Waals surface area contributed by atoms with E-state index in [-0.39, 0.29) is 35.9 Å². The van der Waals surface area contributed by atoms with Crippen molar-refractivity contribution >= 4 is 31.9 Å². The van der Waals surface area contributed by atoms with Crippen LogP contribution in [-0.4, -0.2) is 65.6 Å². The first-order chi connectivity index (χ1) is 18.2. The largest absolute Gasteiger partial charge is 0.497 e. The summed E-state index contributed by atoms with van der Waals surface area (Å²) < 4.78 is 12.2. The maximum Gasteiger partial charge on any atom is 0.322 e. The minimum absolute atomic E-state index is 0.0142. The van der Waals surface area contributed by atoms with Gasteiger partial charge in [0, 0.05) is 18.7 Å². The first-order valence-corrected chi connectivity index (χ1v) is 17.9. The predicted octanol–water partition coefficient (Wildman–Crippen LogP) is 5.34. The fourth-order valence-corrected chi connectivity index (χ4v) is 9.15. The molecular formula is C29H38N2O5SSi. The van der Waals surface area contributed by atoms with Crippen LogP contribution in [0.5, 0.6) is 5.75 Å². The van der Waals surface area contributed by atoms with E-state index in [9.17, 15) is 14.7 Å². The van der Waals surface area contributed by atoms with E-state index in [0.717, 1.165) is 41.0 Å². The number of hydrogen-bond acceptors (Lipinski definition) is 6. The van der Waals surface area contributed by atoms with Gasteiger partial charge < -0.3 is 24.1 Å². The molecule has 7 nitrogen and oxygen atoms in total. The second kappa shape index (κ2) is 10.7. The number of rotatable bonds is 8. The standard InChI is InChI=1S/C29H38N2O5SSi/c1-35-23-14-10-20(11-15-23)17-30-26(29(36-38(2,3)4)16-6-5-7-25(29)33)24-19-37-27(31(24)28(30)34)22-12-8-21(18-32)9-13-22/h8-15,24,26-27,32H,5-7,16-19H2,1-4H3/t24-,26+,27?,29?/m0/s1. The topological polar surface area (TPSA) is 79.3 Å². The van der Waals surface area contributed by atoms with Gasteiger partial charge >= 0.3 is 6.03 Å². The van der Waals surface area contributed by atoms with Gasteiger partial charge in [-0.05, 0) is 67.7 Å². The lowest BCUT2D eigenvalue weighted by Gasteiger charge is -2.48. The summed E-state index contributed by atoms with van der Waals surface area (Å²) >= 11 is 1.75. The van der Waals surface area contributed by atoms with Crippen LogP contribution in [0, 0.1) is 0 Å². The van der Waals surface area contributed by atoms with E-state index in [1.54, 1.807) is 18.9 Å². The van der Waals surface area contributed by atoms with E-state index < -0.39 is 13.9 Å². The van der Waals surface area contributed by atoms with Crippen molar-refractivity contribution in [3.63, 3.8) is 0 Å². The molecule has 2 unspecified atom stereocenters. The number of benzene rings is 2. The van der Waals surface area contributed by atoms with E-state index in [0.29, 0.717) is 19.4 Å². The molecule has 3 aliphatic rings. The number of aliphatic hydroxyl groups is 1. The Morgan fingerprint density at radius 3 is 2.32 bits per heavy atom. The number of ketones is 1. The molecule has 204 valence electrons. The van der Waals surface area contributed by atoms with Crippen LogP contribution in [0.4, 0.5) is 4.79 Å². The number of urea groups is 1. The summed E-state index contributed by atoms with van der Waals surface area (Å²) in [4.78, 5) is 32.1. The van der Waals surface area contributed by atoms with E-state index >= 15 is 0 Å². The van der Waals surface area contributed by atoms with Gasteiger partial charge in [-0.15, -0.1) is 11.8 Å². The van der Waals surface area contributed by atoms with Crippen molar-refractivity contribution in [2.45, 2.75) is 81.5 Å². The number of nitrogens with zero attached hydrogens (tertiary/aromatic N) is 2. The van der Waals surface area contributed by atoms with Gasteiger partial charge in [0.15, 0.2) is 14.1 Å². The van der Waals surface area contributed by atoms with Gasteiger partial charge in [0.1, 0.15) is 16.7 Å². The van der Waals surface area contributed by atoms with Crippen molar-refractivity contribution in [1.29, 1.82) is 0 Å². The Kier molecular flexibility index (Phi) is 7.65. The first kappa shape index (κ1) is 27.2.